The van der Waals surface area contributed by atoms with Crippen LogP contribution in [0.2, 0.25) is 0 Å². The third-order valence-electron chi connectivity index (χ3n) is 2.48. The van der Waals surface area contributed by atoms with Crippen LogP contribution in [-0.2, 0) is 9.53 Å². The van der Waals surface area contributed by atoms with E-state index in [1.165, 1.54) is 6.07 Å². The summed E-state index contributed by atoms with van der Waals surface area (Å²) in [7, 11) is 0. The van der Waals surface area contributed by atoms with Gasteiger partial charge in [-0.3, -0.25) is 4.79 Å². The minimum atomic E-state index is -0.997. The molecule has 0 radical (unpaired) electrons. The van der Waals surface area contributed by atoms with E-state index in [1.807, 2.05) is 0 Å². The van der Waals surface area contributed by atoms with Crippen LogP contribution >= 0.6 is 0 Å². The number of rotatable bonds is 7. The molecule has 1 unspecified atom stereocenters. The molecule has 0 spiro atoms. The zero-order chi connectivity index (χ0) is 14.3. The molecule has 0 aliphatic heterocycles. The summed E-state index contributed by atoms with van der Waals surface area (Å²) in [6.07, 6.45) is -0.768. The number of ether oxygens (including phenoxy) is 1. The second kappa shape index (κ2) is 7.81. The first-order valence-electron chi connectivity index (χ1n) is 6.04. The van der Waals surface area contributed by atoms with Crippen LogP contribution in [0.4, 0.5) is 8.78 Å². The molecule has 0 fully saturated rings. The second-order valence-corrected chi connectivity index (χ2v) is 3.95. The fourth-order valence-corrected chi connectivity index (χ4v) is 1.50. The summed E-state index contributed by atoms with van der Waals surface area (Å²) in [4.78, 5) is 11.0. The molecule has 0 amide bonds. The van der Waals surface area contributed by atoms with E-state index in [0.717, 1.165) is 12.1 Å². The maximum Gasteiger partial charge on any atom is 0.307 e. The van der Waals surface area contributed by atoms with Crippen LogP contribution in [-0.4, -0.2) is 30.8 Å². The van der Waals surface area contributed by atoms with Gasteiger partial charge in [-0.15, -0.1) is 0 Å². The number of hydrogen-bond donors (Lipinski definition) is 2. The fourth-order valence-electron chi connectivity index (χ4n) is 1.50. The number of nitrogens with one attached hydrogen (secondary N) is 1. The number of carbonyl (C=O) groups excluding carboxylic acids is 1. The molecule has 1 aromatic rings. The van der Waals surface area contributed by atoms with E-state index in [0.29, 0.717) is 13.2 Å². The standard InChI is InChI=1S/C13H17F2NO3/c1-2-19-13(18)5-6-16-8-12(17)9-3-4-10(14)11(15)7-9/h3-4,7,12,16-17H,2,5-6,8H2,1H3. The molecule has 1 aromatic carbocycles. The molecule has 0 aliphatic rings. The Morgan fingerprint density at radius 2 is 2.16 bits per heavy atom. The first kappa shape index (κ1) is 15.5. The van der Waals surface area contributed by atoms with Crippen molar-refractivity contribution in [2.45, 2.75) is 19.4 Å². The van der Waals surface area contributed by atoms with Crippen LogP contribution in [0.25, 0.3) is 0 Å². The summed E-state index contributed by atoms with van der Waals surface area (Å²) in [5.41, 5.74) is 0.280. The van der Waals surface area contributed by atoms with Gasteiger partial charge >= 0.3 is 5.97 Å². The normalized spacial score (nSPS) is 12.2. The predicted octanol–water partition coefficient (Wildman–Crippen LogP) is 1.54. The van der Waals surface area contributed by atoms with Crippen molar-refractivity contribution >= 4 is 5.97 Å². The van der Waals surface area contributed by atoms with Crippen molar-refractivity contribution in [3.05, 3.63) is 35.4 Å². The minimum absolute atomic E-state index is 0.143. The van der Waals surface area contributed by atoms with Gasteiger partial charge in [0, 0.05) is 13.1 Å². The van der Waals surface area contributed by atoms with E-state index in [4.69, 9.17) is 4.74 Å². The molecule has 0 bridgehead atoms. The Balaban J connectivity index is 2.33. The lowest BCUT2D eigenvalue weighted by atomic mass is 10.1. The molecule has 6 heteroatoms. The SMILES string of the molecule is CCOC(=O)CCNCC(O)c1ccc(F)c(F)c1. The van der Waals surface area contributed by atoms with Crippen molar-refractivity contribution in [1.82, 2.24) is 5.32 Å². The summed E-state index contributed by atoms with van der Waals surface area (Å²) in [5, 5.41) is 12.6. The largest absolute Gasteiger partial charge is 0.466 e. The molecule has 2 N–H and O–H groups in total. The molecule has 1 rings (SSSR count). The van der Waals surface area contributed by atoms with Crippen LogP contribution in [0.1, 0.15) is 25.0 Å². The molecule has 0 aliphatic carbocycles. The zero-order valence-electron chi connectivity index (χ0n) is 10.7. The van der Waals surface area contributed by atoms with E-state index in [-0.39, 0.29) is 24.5 Å². The summed E-state index contributed by atoms with van der Waals surface area (Å²) in [6, 6.07) is 3.23. The molecule has 0 saturated heterocycles. The third kappa shape index (κ3) is 5.32. The Morgan fingerprint density at radius 3 is 2.79 bits per heavy atom. The highest BCUT2D eigenvalue weighted by atomic mass is 19.2. The second-order valence-electron chi connectivity index (χ2n) is 3.95. The van der Waals surface area contributed by atoms with Crippen molar-refractivity contribution in [3.8, 4) is 0 Å². The van der Waals surface area contributed by atoms with Crippen LogP contribution in [0.5, 0.6) is 0 Å². The van der Waals surface area contributed by atoms with E-state index in [2.05, 4.69) is 5.32 Å². The number of esters is 1. The fraction of sp³-hybridized carbons (Fsp3) is 0.462. The Bertz CT molecular complexity index is 426. The maximum atomic E-state index is 13.0. The zero-order valence-corrected chi connectivity index (χ0v) is 10.7. The molecule has 106 valence electrons. The van der Waals surface area contributed by atoms with Gasteiger partial charge in [0.05, 0.1) is 19.1 Å². The average Bonchev–Trinajstić information content (AvgIpc) is 2.38. The van der Waals surface area contributed by atoms with Gasteiger partial charge in [0.2, 0.25) is 0 Å². The number of hydrogen-bond acceptors (Lipinski definition) is 4. The van der Waals surface area contributed by atoms with E-state index >= 15 is 0 Å². The number of aliphatic hydroxyl groups is 1. The Hall–Kier alpha value is -1.53. The van der Waals surface area contributed by atoms with E-state index in [1.54, 1.807) is 6.92 Å². The van der Waals surface area contributed by atoms with E-state index in [9.17, 15) is 18.7 Å². The molecule has 19 heavy (non-hydrogen) atoms. The van der Waals surface area contributed by atoms with Gasteiger partial charge < -0.3 is 15.2 Å². The smallest absolute Gasteiger partial charge is 0.307 e. The van der Waals surface area contributed by atoms with Gasteiger partial charge in [0.1, 0.15) is 0 Å². The number of carbonyl (C=O) groups is 1. The van der Waals surface area contributed by atoms with E-state index < -0.39 is 17.7 Å². The molecule has 0 aromatic heterocycles. The van der Waals surface area contributed by atoms with Gasteiger partial charge in [0.15, 0.2) is 11.6 Å². The lowest BCUT2D eigenvalue weighted by molar-refractivity contribution is -0.143. The number of halogens is 2. The van der Waals surface area contributed by atoms with Gasteiger partial charge in [-0.05, 0) is 24.6 Å². The van der Waals surface area contributed by atoms with Crippen LogP contribution in [0.15, 0.2) is 18.2 Å². The Morgan fingerprint density at radius 1 is 1.42 bits per heavy atom. The Kier molecular flexibility index (Phi) is 6.38. The van der Waals surface area contributed by atoms with Crippen molar-refractivity contribution in [2.24, 2.45) is 0 Å². The van der Waals surface area contributed by atoms with Crippen LogP contribution in [0, 0.1) is 11.6 Å². The topological polar surface area (TPSA) is 58.6 Å². The first-order chi connectivity index (χ1) is 9.04. The lowest BCUT2D eigenvalue weighted by Crippen LogP contribution is -2.24. The van der Waals surface area contributed by atoms with Crippen molar-refractivity contribution in [1.29, 1.82) is 0 Å². The van der Waals surface area contributed by atoms with Crippen LogP contribution in [0.3, 0.4) is 0 Å². The number of aliphatic hydroxyl groups excluding tert-OH is 1. The quantitative estimate of drug-likeness (QED) is 0.584. The molecule has 0 saturated carbocycles. The molecule has 4 nitrogen and oxygen atoms in total. The minimum Gasteiger partial charge on any atom is -0.466 e. The molecule has 0 heterocycles. The van der Waals surface area contributed by atoms with Crippen LogP contribution < -0.4 is 5.32 Å². The van der Waals surface area contributed by atoms with Gasteiger partial charge in [0.25, 0.3) is 0 Å². The highest BCUT2D eigenvalue weighted by molar-refractivity contribution is 5.69. The molecular formula is C13H17F2NO3. The number of benzene rings is 1. The summed E-state index contributed by atoms with van der Waals surface area (Å²) >= 11 is 0. The molecule has 1 atom stereocenters. The highest BCUT2D eigenvalue weighted by Gasteiger charge is 2.10. The summed E-state index contributed by atoms with van der Waals surface area (Å²) in [6.45, 7) is 2.54. The van der Waals surface area contributed by atoms with Crippen molar-refractivity contribution in [2.75, 3.05) is 19.7 Å². The van der Waals surface area contributed by atoms with Gasteiger partial charge in [-0.2, -0.15) is 0 Å². The molecular weight excluding hydrogens is 256 g/mol. The Labute approximate surface area is 110 Å². The summed E-state index contributed by atoms with van der Waals surface area (Å²) in [5.74, 6) is -2.27. The van der Waals surface area contributed by atoms with Crippen molar-refractivity contribution < 1.29 is 23.4 Å². The van der Waals surface area contributed by atoms with Crippen molar-refractivity contribution in [3.63, 3.8) is 0 Å². The summed E-state index contributed by atoms with van der Waals surface area (Å²) < 4.78 is 30.4. The monoisotopic (exact) mass is 273 g/mol. The third-order valence-corrected chi connectivity index (χ3v) is 2.48. The van der Waals surface area contributed by atoms with Gasteiger partial charge in [-0.25, -0.2) is 8.78 Å². The van der Waals surface area contributed by atoms with Gasteiger partial charge in [-0.1, -0.05) is 6.07 Å². The average molecular weight is 273 g/mol. The maximum absolute atomic E-state index is 13.0. The highest BCUT2D eigenvalue weighted by Crippen LogP contribution is 2.15. The predicted molar refractivity (Wildman–Crippen MR) is 65.4 cm³/mol. The lowest BCUT2D eigenvalue weighted by Gasteiger charge is -2.12. The first-order valence-corrected chi connectivity index (χ1v) is 6.04.